The molecule has 1 unspecified atom stereocenters. The van der Waals surface area contributed by atoms with Crippen LogP contribution in [-0.4, -0.2) is 14.8 Å². The molecule has 1 aliphatic carbocycles. The van der Waals surface area contributed by atoms with Crippen molar-refractivity contribution in [2.24, 2.45) is 4.99 Å². The van der Waals surface area contributed by atoms with Crippen molar-refractivity contribution in [3.05, 3.63) is 144 Å². The lowest BCUT2D eigenvalue weighted by Gasteiger charge is -2.40. The van der Waals surface area contributed by atoms with Crippen molar-refractivity contribution in [1.29, 1.82) is 0 Å². The van der Waals surface area contributed by atoms with Gasteiger partial charge < -0.3 is 4.40 Å². The van der Waals surface area contributed by atoms with Crippen molar-refractivity contribution in [2.45, 2.75) is 44.4 Å². The van der Waals surface area contributed by atoms with E-state index in [4.69, 9.17) is 4.99 Å². The van der Waals surface area contributed by atoms with Gasteiger partial charge in [-0.15, -0.1) is 0 Å². The maximum atomic E-state index is 5.72. The second-order valence-electron chi connectivity index (χ2n) is 14.2. The number of nitrogens with zero attached hydrogens (tertiary/aromatic N) is 3. The monoisotopic (exact) mass is 603 g/mol. The predicted octanol–water partition coefficient (Wildman–Crippen LogP) is 11.5. The van der Waals surface area contributed by atoms with Crippen LogP contribution in [-0.2, 0) is 5.41 Å². The van der Waals surface area contributed by atoms with E-state index in [1.54, 1.807) is 0 Å². The molecule has 3 heteroatoms. The van der Waals surface area contributed by atoms with E-state index in [0.29, 0.717) is 5.92 Å². The molecule has 0 spiro atoms. The zero-order valence-electron chi connectivity index (χ0n) is 26.6. The van der Waals surface area contributed by atoms with Crippen molar-refractivity contribution in [3.63, 3.8) is 0 Å². The molecule has 0 fully saturated rings. The van der Waals surface area contributed by atoms with Gasteiger partial charge in [-0.05, 0) is 65.4 Å². The molecule has 0 saturated heterocycles. The zero-order valence-corrected chi connectivity index (χ0v) is 26.6. The molecular weight excluding hydrogens is 571 g/mol. The summed E-state index contributed by atoms with van der Waals surface area (Å²) in [5.41, 5.74) is 13.2. The summed E-state index contributed by atoms with van der Waals surface area (Å²) in [6.07, 6.45) is 3.11. The summed E-state index contributed by atoms with van der Waals surface area (Å²) in [5.74, 6) is 1.51. The van der Waals surface area contributed by atoms with Crippen LogP contribution in [0, 0.1) is 0 Å². The van der Waals surface area contributed by atoms with E-state index in [0.717, 1.165) is 30.8 Å². The Hall–Kier alpha value is -5.41. The Bertz CT molecular complexity index is 2800. The average molecular weight is 604 g/mol. The van der Waals surface area contributed by atoms with Crippen LogP contribution in [0.5, 0.6) is 0 Å². The molecule has 224 valence electrons. The number of rotatable bonds is 0. The summed E-state index contributed by atoms with van der Waals surface area (Å²) < 4.78 is 5.03. The predicted molar refractivity (Wildman–Crippen MR) is 197 cm³/mol. The minimum atomic E-state index is -0.0746. The molecule has 0 amide bonds. The summed E-state index contributed by atoms with van der Waals surface area (Å²) >= 11 is 0. The summed E-state index contributed by atoms with van der Waals surface area (Å²) in [6.45, 7) is 4.77. The van der Waals surface area contributed by atoms with Crippen LogP contribution in [0.25, 0.3) is 59.9 Å². The SMILES string of the molecule is CC1(C)c2ccccc2C2CCC/C(n3c4ccccc4c4cc5c6ccccc6n6c7ccccc7c(c43)c56)=N\c3cccc1c32. The van der Waals surface area contributed by atoms with Crippen molar-refractivity contribution in [1.82, 2.24) is 8.97 Å². The molecule has 9 aromatic rings. The number of benzene rings is 6. The van der Waals surface area contributed by atoms with Gasteiger partial charge >= 0.3 is 0 Å². The van der Waals surface area contributed by atoms with Crippen molar-refractivity contribution >= 4 is 71.4 Å². The van der Waals surface area contributed by atoms with Crippen LogP contribution >= 0.6 is 0 Å². The quantitative estimate of drug-likeness (QED) is 0.164. The molecule has 1 atom stereocenters. The largest absolute Gasteiger partial charge is 0.308 e. The van der Waals surface area contributed by atoms with Gasteiger partial charge in [0.2, 0.25) is 0 Å². The Morgan fingerprint density at radius 3 is 2.09 bits per heavy atom. The molecule has 0 radical (unpaired) electrons. The maximum Gasteiger partial charge on any atom is 0.114 e. The highest BCUT2D eigenvalue weighted by molar-refractivity contribution is 6.35. The summed E-state index contributed by atoms with van der Waals surface area (Å²) in [7, 11) is 0. The number of aliphatic imine (C=N–C) groups is 1. The molecule has 47 heavy (non-hydrogen) atoms. The van der Waals surface area contributed by atoms with Crippen LogP contribution < -0.4 is 0 Å². The molecule has 6 aromatic carbocycles. The van der Waals surface area contributed by atoms with E-state index in [1.807, 2.05) is 0 Å². The molecule has 0 N–H and O–H groups in total. The molecule has 11 rings (SSSR count). The fourth-order valence-corrected chi connectivity index (χ4v) is 9.58. The normalized spacial score (nSPS) is 18.5. The highest BCUT2D eigenvalue weighted by atomic mass is 15.1. The number of hydrogen-bond acceptors (Lipinski definition) is 1. The van der Waals surface area contributed by atoms with Gasteiger partial charge in [-0.3, -0.25) is 4.57 Å². The topological polar surface area (TPSA) is 21.7 Å². The van der Waals surface area contributed by atoms with Gasteiger partial charge in [0, 0.05) is 50.1 Å². The number of hydrogen-bond donors (Lipinski definition) is 0. The molecule has 0 saturated carbocycles. The van der Waals surface area contributed by atoms with E-state index >= 15 is 0 Å². The Balaban J connectivity index is 1.29. The molecular formula is C44H33N3. The number of aromatic nitrogens is 2. The fraction of sp³-hybridized carbons (Fsp3) is 0.159. The first-order chi connectivity index (χ1) is 23.1. The minimum Gasteiger partial charge on any atom is -0.308 e. The van der Waals surface area contributed by atoms with Crippen molar-refractivity contribution < 1.29 is 0 Å². The number of para-hydroxylation sites is 3. The summed E-state index contributed by atoms with van der Waals surface area (Å²) in [5, 5.41) is 7.85. The van der Waals surface area contributed by atoms with E-state index < -0.39 is 0 Å². The highest BCUT2D eigenvalue weighted by Crippen LogP contribution is 2.52. The third-order valence-corrected chi connectivity index (χ3v) is 11.5. The van der Waals surface area contributed by atoms with E-state index in [9.17, 15) is 0 Å². The van der Waals surface area contributed by atoms with E-state index in [1.165, 1.54) is 82.2 Å². The van der Waals surface area contributed by atoms with Gasteiger partial charge in [0.1, 0.15) is 5.84 Å². The fourth-order valence-electron chi connectivity index (χ4n) is 9.58. The Morgan fingerprint density at radius 1 is 0.617 bits per heavy atom. The van der Waals surface area contributed by atoms with E-state index in [2.05, 4.69) is 144 Å². The van der Waals surface area contributed by atoms with Crippen molar-refractivity contribution in [2.75, 3.05) is 0 Å². The first-order valence-corrected chi connectivity index (χ1v) is 17.0. The highest BCUT2D eigenvalue weighted by Gasteiger charge is 2.39. The Morgan fingerprint density at radius 2 is 1.26 bits per heavy atom. The van der Waals surface area contributed by atoms with E-state index in [-0.39, 0.29) is 5.41 Å². The Labute approximate surface area is 272 Å². The average Bonchev–Trinajstić information content (AvgIpc) is 3.73. The lowest BCUT2D eigenvalue weighted by atomic mass is 9.64. The summed E-state index contributed by atoms with van der Waals surface area (Å²) in [6, 6.07) is 45.2. The second-order valence-corrected chi connectivity index (χ2v) is 14.2. The number of fused-ring (bicyclic) bond motifs is 12. The summed E-state index contributed by atoms with van der Waals surface area (Å²) in [4.78, 5) is 5.72. The molecule has 3 nitrogen and oxygen atoms in total. The lowest BCUT2D eigenvalue weighted by Crippen LogP contribution is -2.30. The standard InChI is InChI=1S/C44H33N3/c1-44(2)33-18-7-3-13-26(33)29-17-11-24-39(45-35-20-12-19-34(44)40(29)35)47-37-22-9-5-15-28(37)32-25-31-27-14-4-8-21-36(27)46-38-23-10-6-16-30(38)41(42(31)46)43(32)47/h3-10,12-16,18-23,25,29H,11,17,24H2,1-2H3/b45-39+. The van der Waals surface area contributed by atoms with Crippen molar-refractivity contribution in [3.8, 4) is 0 Å². The van der Waals surface area contributed by atoms with Gasteiger partial charge in [0.05, 0.1) is 33.3 Å². The third kappa shape index (κ3) is 3.15. The van der Waals surface area contributed by atoms with Crippen LogP contribution in [0.15, 0.2) is 126 Å². The van der Waals surface area contributed by atoms with Crippen LogP contribution in [0.3, 0.4) is 0 Å². The minimum absolute atomic E-state index is 0.0746. The zero-order chi connectivity index (χ0) is 31.0. The van der Waals surface area contributed by atoms with Crippen LogP contribution in [0.4, 0.5) is 5.69 Å². The van der Waals surface area contributed by atoms with Gasteiger partial charge in [-0.2, -0.15) is 0 Å². The first kappa shape index (κ1) is 25.7. The van der Waals surface area contributed by atoms with Crippen LogP contribution in [0.2, 0.25) is 0 Å². The molecule has 0 bridgehead atoms. The van der Waals surface area contributed by atoms with Gasteiger partial charge in [0.15, 0.2) is 0 Å². The molecule has 4 heterocycles. The molecule has 3 aromatic heterocycles. The maximum absolute atomic E-state index is 5.72. The smallest absolute Gasteiger partial charge is 0.114 e. The van der Waals surface area contributed by atoms with Gasteiger partial charge in [-0.1, -0.05) is 105 Å². The molecule has 2 aliphatic rings. The van der Waals surface area contributed by atoms with Crippen LogP contribution in [0.1, 0.15) is 61.3 Å². The lowest BCUT2D eigenvalue weighted by molar-refractivity contribution is 0.557. The third-order valence-electron chi connectivity index (χ3n) is 11.5. The second kappa shape index (κ2) is 8.89. The van der Waals surface area contributed by atoms with Gasteiger partial charge in [0.25, 0.3) is 0 Å². The Kier molecular flexibility index (Phi) is 4.87. The molecule has 1 aliphatic heterocycles. The first-order valence-electron chi connectivity index (χ1n) is 17.0. The van der Waals surface area contributed by atoms with Gasteiger partial charge in [-0.25, -0.2) is 4.99 Å².